The number of aryl methyl sites for hydroxylation is 1. The summed E-state index contributed by atoms with van der Waals surface area (Å²) in [6.45, 7) is 3.26. The van der Waals surface area contributed by atoms with Crippen molar-refractivity contribution < 1.29 is 8.78 Å². The fraction of sp³-hybridized carbons (Fsp3) is 0.538. The van der Waals surface area contributed by atoms with Gasteiger partial charge < -0.3 is 0 Å². The Morgan fingerprint density at radius 2 is 1.31 bits per heavy atom. The smallest absolute Gasteiger partial charge is 0.123 e. The molecule has 0 spiro atoms. The normalized spacial score (nSPS) is 6.88. The van der Waals surface area contributed by atoms with Crippen LogP contribution in [0.4, 0.5) is 8.78 Å². The maximum Gasteiger partial charge on any atom is 0.123 e. The summed E-state index contributed by atoms with van der Waals surface area (Å²) in [4.78, 5) is 0. The number of benzene rings is 1. The Kier molecular flexibility index (Phi) is 30.5. The van der Waals surface area contributed by atoms with E-state index in [0.29, 0.717) is 0 Å². The van der Waals surface area contributed by atoms with E-state index < -0.39 is 0 Å². The van der Waals surface area contributed by atoms with E-state index in [1.165, 1.54) is 31.0 Å². The summed E-state index contributed by atoms with van der Waals surface area (Å²) in [5.74, 6) is -0.160. The van der Waals surface area contributed by atoms with Crippen molar-refractivity contribution in [1.82, 2.24) is 0 Å². The minimum absolute atomic E-state index is 0. The van der Waals surface area contributed by atoms with Gasteiger partial charge in [0.15, 0.2) is 0 Å². The van der Waals surface area contributed by atoms with Crippen LogP contribution < -0.4 is 0 Å². The molecule has 0 aromatic heterocycles. The quantitative estimate of drug-likeness (QED) is 0.581. The van der Waals surface area contributed by atoms with Gasteiger partial charge in [-0.25, -0.2) is 4.39 Å². The molecule has 0 radical (unpaired) electrons. The number of hydrogen-bond acceptors (Lipinski definition) is 0. The number of hydrogen-bond donors (Lipinski definition) is 0. The molecule has 0 aliphatic heterocycles. The molecular formula is C13H25ClF2. The highest BCUT2D eigenvalue weighted by atomic mass is 35.5. The first kappa shape index (κ1) is 24.6. The van der Waals surface area contributed by atoms with Crippen LogP contribution in [0.2, 0.25) is 0 Å². The van der Waals surface area contributed by atoms with Gasteiger partial charge in [0.2, 0.25) is 0 Å². The summed E-state index contributed by atoms with van der Waals surface area (Å²) in [6, 6.07) is 6.57. The third kappa shape index (κ3) is 15.8. The summed E-state index contributed by atoms with van der Waals surface area (Å²) >= 11 is 4.64. The predicted octanol–water partition coefficient (Wildman–Crippen LogP) is 5.49. The zero-order valence-electron chi connectivity index (χ0n) is 8.86. The predicted molar refractivity (Wildman–Crippen MR) is 72.7 cm³/mol. The lowest BCUT2D eigenvalue weighted by Gasteiger charge is -1.92. The Balaban J connectivity index is -0.0000000907. The molecule has 0 saturated carbocycles. The lowest BCUT2D eigenvalue weighted by molar-refractivity contribution is 0.527. The highest BCUT2D eigenvalue weighted by Gasteiger charge is 1.87. The van der Waals surface area contributed by atoms with Crippen molar-refractivity contribution in [1.29, 1.82) is 0 Å². The lowest BCUT2D eigenvalue weighted by Crippen LogP contribution is -1.78. The summed E-state index contributed by atoms with van der Waals surface area (Å²) in [6.07, 6.45) is 2.44. The van der Waals surface area contributed by atoms with Crippen LogP contribution in [0.5, 0.6) is 0 Å². The average Bonchev–Trinajstić information content (AvgIpc) is 2.23. The molecule has 0 amide bonds. The summed E-state index contributed by atoms with van der Waals surface area (Å²) in [5.41, 5.74) is 1.18. The van der Waals surface area contributed by atoms with Crippen LogP contribution in [0.1, 0.15) is 34.3 Å². The maximum atomic E-state index is 12.2. The molecule has 0 bridgehead atoms. The SMILES string of the molecule is C.C.CCF.CCc1ccc(F)cc1.CCl. The van der Waals surface area contributed by atoms with E-state index in [9.17, 15) is 8.78 Å². The van der Waals surface area contributed by atoms with Gasteiger partial charge in [0.05, 0.1) is 6.67 Å². The van der Waals surface area contributed by atoms with E-state index in [1.54, 1.807) is 12.1 Å². The highest BCUT2D eigenvalue weighted by Crippen LogP contribution is 2.01. The summed E-state index contributed by atoms with van der Waals surface area (Å²) in [7, 11) is 0. The van der Waals surface area contributed by atoms with Crippen LogP contribution in [0.15, 0.2) is 24.3 Å². The molecule has 0 aliphatic rings. The van der Waals surface area contributed by atoms with E-state index in [4.69, 9.17) is 0 Å². The molecule has 1 rings (SSSR count). The fourth-order valence-corrected chi connectivity index (χ4v) is 0.720. The van der Waals surface area contributed by atoms with Crippen molar-refractivity contribution >= 4 is 11.6 Å². The minimum atomic E-state index is -0.250. The van der Waals surface area contributed by atoms with Crippen molar-refractivity contribution in [2.45, 2.75) is 35.1 Å². The zero-order valence-corrected chi connectivity index (χ0v) is 9.61. The Morgan fingerprint density at radius 3 is 1.56 bits per heavy atom. The highest BCUT2D eigenvalue weighted by molar-refractivity contribution is 6.15. The first-order valence-corrected chi connectivity index (χ1v) is 5.18. The van der Waals surface area contributed by atoms with E-state index in [2.05, 4.69) is 11.6 Å². The second kappa shape index (κ2) is 19.9. The molecule has 0 fully saturated rings. The molecule has 3 heteroatoms. The Hall–Kier alpha value is -0.630. The van der Waals surface area contributed by atoms with Crippen molar-refractivity contribution in [2.75, 3.05) is 13.1 Å². The van der Waals surface area contributed by atoms with Crippen LogP contribution >= 0.6 is 11.6 Å². The van der Waals surface area contributed by atoms with Crippen molar-refractivity contribution in [3.05, 3.63) is 35.6 Å². The monoisotopic (exact) mass is 254 g/mol. The third-order valence-electron chi connectivity index (χ3n) is 1.32. The van der Waals surface area contributed by atoms with Gasteiger partial charge in [-0.05, 0) is 31.0 Å². The summed E-state index contributed by atoms with van der Waals surface area (Å²) in [5, 5.41) is 0. The molecule has 1 aromatic rings. The summed E-state index contributed by atoms with van der Waals surface area (Å²) < 4.78 is 22.5. The first-order valence-electron chi connectivity index (χ1n) is 4.42. The lowest BCUT2D eigenvalue weighted by atomic mass is 10.2. The molecule has 0 saturated heterocycles. The maximum absolute atomic E-state index is 12.2. The molecule has 0 atom stereocenters. The second-order valence-electron chi connectivity index (χ2n) is 2.25. The molecule has 0 aliphatic carbocycles. The number of alkyl halides is 2. The third-order valence-corrected chi connectivity index (χ3v) is 1.32. The van der Waals surface area contributed by atoms with Crippen LogP contribution in [-0.4, -0.2) is 13.1 Å². The van der Waals surface area contributed by atoms with Gasteiger partial charge in [0, 0.05) is 6.38 Å². The fourth-order valence-electron chi connectivity index (χ4n) is 0.720. The Morgan fingerprint density at radius 1 is 1.00 bits per heavy atom. The van der Waals surface area contributed by atoms with Gasteiger partial charge in [-0.2, -0.15) is 0 Å². The second-order valence-corrected chi connectivity index (χ2v) is 2.25. The topological polar surface area (TPSA) is 0 Å². The Bertz CT molecular complexity index is 198. The van der Waals surface area contributed by atoms with Crippen molar-refractivity contribution in [3.8, 4) is 0 Å². The molecule has 0 heterocycles. The Labute approximate surface area is 105 Å². The van der Waals surface area contributed by atoms with E-state index >= 15 is 0 Å². The molecule has 0 nitrogen and oxygen atoms in total. The molecule has 16 heavy (non-hydrogen) atoms. The molecule has 98 valence electrons. The van der Waals surface area contributed by atoms with Gasteiger partial charge in [-0.15, -0.1) is 11.6 Å². The van der Waals surface area contributed by atoms with Crippen LogP contribution in [0.3, 0.4) is 0 Å². The van der Waals surface area contributed by atoms with Crippen molar-refractivity contribution in [3.63, 3.8) is 0 Å². The van der Waals surface area contributed by atoms with Crippen molar-refractivity contribution in [2.24, 2.45) is 0 Å². The van der Waals surface area contributed by atoms with Gasteiger partial charge in [-0.1, -0.05) is 33.9 Å². The number of halogens is 3. The largest absolute Gasteiger partial charge is 0.251 e. The van der Waals surface area contributed by atoms with Gasteiger partial charge >= 0.3 is 0 Å². The van der Waals surface area contributed by atoms with Crippen LogP contribution in [-0.2, 0) is 6.42 Å². The van der Waals surface area contributed by atoms with Gasteiger partial charge in [-0.3, -0.25) is 4.39 Å². The zero-order chi connectivity index (χ0) is 11.4. The average molecular weight is 255 g/mol. The van der Waals surface area contributed by atoms with E-state index in [1.807, 2.05) is 6.92 Å². The number of rotatable bonds is 1. The molecule has 0 N–H and O–H groups in total. The first-order chi connectivity index (χ1) is 6.74. The van der Waals surface area contributed by atoms with Crippen LogP contribution in [0.25, 0.3) is 0 Å². The van der Waals surface area contributed by atoms with Crippen LogP contribution in [0, 0.1) is 5.82 Å². The molecule has 1 aromatic carbocycles. The molecular weight excluding hydrogens is 230 g/mol. The van der Waals surface area contributed by atoms with E-state index in [-0.39, 0.29) is 27.3 Å². The molecule has 0 unspecified atom stereocenters. The standard InChI is InChI=1S/C8H9F.C2H5F.CH3Cl.2CH4/c1-2-7-3-5-8(9)6-4-7;1-2-3;1-2;;/h3-6H,2H2,1H3;2H2,1H3;1H3;2*1H4. The van der Waals surface area contributed by atoms with Gasteiger partial charge in [0.1, 0.15) is 5.82 Å². The van der Waals surface area contributed by atoms with Gasteiger partial charge in [0.25, 0.3) is 0 Å². The minimum Gasteiger partial charge on any atom is -0.251 e. The van der Waals surface area contributed by atoms with E-state index in [0.717, 1.165) is 6.42 Å².